The van der Waals surface area contributed by atoms with Gasteiger partial charge in [-0.3, -0.25) is 29.4 Å². The highest BCUT2D eigenvalue weighted by atomic mass is 16.6. The van der Waals surface area contributed by atoms with E-state index in [-0.39, 0.29) is 17.3 Å². The number of nitro benzene ring substituents is 1. The number of anilines is 1. The molecule has 1 spiro atoms. The molecule has 3 rings (SSSR count). The highest BCUT2D eigenvalue weighted by Gasteiger charge is 2.55. The van der Waals surface area contributed by atoms with Crippen molar-refractivity contribution in [1.29, 1.82) is 0 Å². The minimum absolute atomic E-state index is 0.0362. The summed E-state index contributed by atoms with van der Waals surface area (Å²) in [6.07, 6.45) is 3.10. The second kappa shape index (κ2) is 8.47. The minimum Gasteiger partial charge on any atom is -0.454 e. The Morgan fingerprint density at radius 1 is 1.33 bits per heavy atom. The normalized spacial score (nSPS) is 23.2. The predicted octanol–water partition coefficient (Wildman–Crippen LogP) is 1.58. The molecule has 11 heteroatoms. The van der Waals surface area contributed by atoms with E-state index < -0.39 is 47.4 Å². The summed E-state index contributed by atoms with van der Waals surface area (Å²) in [5.41, 5.74) is -1.33. The van der Waals surface area contributed by atoms with Gasteiger partial charge in [0.25, 0.3) is 17.5 Å². The topological polar surface area (TPSA) is 148 Å². The van der Waals surface area contributed by atoms with Crippen molar-refractivity contribution >= 4 is 35.2 Å². The third kappa shape index (κ3) is 4.09. The molecular weight excluding hydrogens is 396 g/mol. The molecule has 0 radical (unpaired) electrons. The van der Waals surface area contributed by atoms with Crippen LogP contribution in [0.2, 0.25) is 0 Å². The van der Waals surface area contributed by atoms with Crippen molar-refractivity contribution in [3.8, 4) is 0 Å². The summed E-state index contributed by atoms with van der Waals surface area (Å²) >= 11 is 0. The Morgan fingerprint density at radius 3 is 2.77 bits per heavy atom. The van der Waals surface area contributed by atoms with Crippen LogP contribution >= 0.6 is 0 Å². The molecule has 2 aliphatic rings. The maximum Gasteiger partial charge on any atom is 0.326 e. The maximum atomic E-state index is 12.8. The molecule has 160 valence electrons. The summed E-state index contributed by atoms with van der Waals surface area (Å²) in [5.74, 6) is -2.22. The fourth-order valence-electron chi connectivity index (χ4n) is 3.88. The average Bonchev–Trinajstić information content (AvgIpc) is 2.94. The van der Waals surface area contributed by atoms with Crippen LogP contribution in [-0.2, 0) is 19.1 Å². The summed E-state index contributed by atoms with van der Waals surface area (Å²) in [4.78, 5) is 60.3. The van der Waals surface area contributed by atoms with Crippen molar-refractivity contribution in [2.24, 2.45) is 5.92 Å². The van der Waals surface area contributed by atoms with Gasteiger partial charge in [-0.15, -0.1) is 0 Å². The highest BCUT2D eigenvalue weighted by molar-refractivity contribution is 6.09. The molecule has 2 N–H and O–H groups in total. The second-order valence-electron chi connectivity index (χ2n) is 7.42. The van der Waals surface area contributed by atoms with E-state index in [1.54, 1.807) is 0 Å². The van der Waals surface area contributed by atoms with Crippen molar-refractivity contribution in [3.05, 3.63) is 34.4 Å². The largest absolute Gasteiger partial charge is 0.454 e. The fraction of sp³-hybridized carbons (Fsp3) is 0.474. The molecule has 1 aromatic rings. The lowest BCUT2D eigenvalue weighted by Crippen LogP contribution is -2.54. The van der Waals surface area contributed by atoms with E-state index in [1.807, 2.05) is 6.92 Å². The van der Waals surface area contributed by atoms with Crippen LogP contribution in [0, 0.1) is 16.0 Å². The molecule has 4 amide bonds. The standard InChI is InChI=1S/C19H22N4O7/c1-12-6-4-5-9-19(12)17(26)22(18(27)21-19)10-16(25)30-11-15(24)20-13-7-2-3-8-14(13)23(28)29/h2-3,7-8,12H,4-6,9-11H2,1H3,(H,20,24)(H,21,27). The van der Waals surface area contributed by atoms with E-state index in [9.17, 15) is 29.3 Å². The number of ether oxygens (including phenoxy) is 1. The summed E-state index contributed by atoms with van der Waals surface area (Å²) in [6.45, 7) is 0.570. The van der Waals surface area contributed by atoms with Crippen molar-refractivity contribution in [2.75, 3.05) is 18.5 Å². The lowest BCUT2D eigenvalue weighted by Gasteiger charge is -2.36. The van der Waals surface area contributed by atoms with Crippen LogP contribution in [0.1, 0.15) is 32.6 Å². The maximum absolute atomic E-state index is 12.8. The lowest BCUT2D eigenvalue weighted by molar-refractivity contribution is -0.383. The number of hydrogen-bond donors (Lipinski definition) is 2. The number of amides is 4. The van der Waals surface area contributed by atoms with Gasteiger partial charge in [0.1, 0.15) is 17.8 Å². The van der Waals surface area contributed by atoms with Gasteiger partial charge in [-0.05, 0) is 24.8 Å². The van der Waals surface area contributed by atoms with E-state index in [0.29, 0.717) is 6.42 Å². The van der Waals surface area contributed by atoms with E-state index in [4.69, 9.17) is 4.74 Å². The number of rotatable bonds is 6. The Kier molecular flexibility index (Phi) is 5.99. The molecule has 1 saturated carbocycles. The minimum atomic E-state index is -0.987. The Bertz CT molecular complexity index is 903. The third-order valence-electron chi connectivity index (χ3n) is 5.53. The Labute approximate surface area is 171 Å². The first-order valence-electron chi connectivity index (χ1n) is 9.57. The van der Waals surface area contributed by atoms with Gasteiger partial charge in [0.15, 0.2) is 6.61 Å². The number of nitrogens with one attached hydrogen (secondary N) is 2. The number of esters is 1. The number of carbonyl (C=O) groups is 4. The molecule has 1 aromatic carbocycles. The zero-order valence-corrected chi connectivity index (χ0v) is 16.4. The Balaban J connectivity index is 1.55. The van der Waals surface area contributed by atoms with Gasteiger partial charge in [-0.2, -0.15) is 0 Å². The quantitative estimate of drug-likeness (QED) is 0.308. The van der Waals surface area contributed by atoms with Gasteiger partial charge >= 0.3 is 12.0 Å². The number of para-hydroxylation sites is 2. The van der Waals surface area contributed by atoms with Crippen molar-refractivity contribution in [2.45, 2.75) is 38.1 Å². The molecule has 1 aliphatic carbocycles. The molecule has 2 atom stereocenters. The van der Waals surface area contributed by atoms with Gasteiger partial charge in [0.05, 0.1) is 4.92 Å². The van der Waals surface area contributed by atoms with Crippen LogP contribution in [0.15, 0.2) is 24.3 Å². The Hall–Kier alpha value is -3.50. The monoisotopic (exact) mass is 418 g/mol. The van der Waals surface area contributed by atoms with Crippen molar-refractivity contribution in [3.63, 3.8) is 0 Å². The highest BCUT2D eigenvalue weighted by Crippen LogP contribution is 2.38. The second-order valence-corrected chi connectivity index (χ2v) is 7.42. The zero-order chi connectivity index (χ0) is 21.9. The number of nitro groups is 1. The molecule has 1 heterocycles. The van der Waals surface area contributed by atoms with E-state index >= 15 is 0 Å². The number of imide groups is 1. The first kappa shape index (κ1) is 21.2. The molecule has 1 saturated heterocycles. The lowest BCUT2D eigenvalue weighted by atomic mass is 9.73. The SMILES string of the molecule is CC1CCCCC12NC(=O)N(CC(=O)OCC(=O)Nc1ccccc1[N+](=O)[O-])C2=O. The summed E-state index contributed by atoms with van der Waals surface area (Å²) in [5, 5.41) is 16.0. The molecular formula is C19H22N4O7. The van der Waals surface area contributed by atoms with E-state index in [1.165, 1.54) is 24.3 Å². The van der Waals surface area contributed by atoms with Crippen molar-refractivity contribution in [1.82, 2.24) is 10.2 Å². The van der Waals surface area contributed by atoms with Crippen LogP contribution in [0.5, 0.6) is 0 Å². The number of carbonyl (C=O) groups excluding carboxylic acids is 4. The van der Waals surface area contributed by atoms with Gasteiger partial charge in [-0.1, -0.05) is 31.9 Å². The first-order valence-corrected chi connectivity index (χ1v) is 9.57. The van der Waals surface area contributed by atoms with Crippen LogP contribution in [0.4, 0.5) is 16.2 Å². The number of hydrogen-bond acceptors (Lipinski definition) is 7. The van der Waals surface area contributed by atoms with Crippen molar-refractivity contribution < 1.29 is 28.8 Å². The van der Waals surface area contributed by atoms with Gasteiger partial charge in [0, 0.05) is 6.07 Å². The summed E-state index contributed by atoms with van der Waals surface area (Å²) in [7, 11) is 0. The molecule has 2 fully saturated rings. The molecule has 0 bridgehead atoms. The predicted molar refractivity (Wildman–Crippen MR) is 103 cm³/mol. The first-order chi connectivity index (χ1) is 14.2. The van der Waals surface area contributed by atoms with Gasteiger partial charge in [0.2, 0.25) is 0 Å². The van der Waals surface area contributed by atoms with Crippen LogP contribution < -0.4 is 10.6 Å². The summed E-state index contributed by atoms with van der Waals surface area (Å²) in [6, 6.07) is 4.87. The van der Waals surface area contributed by atoms with E-state index in [2.05, 4.69) is 10.6 Å². The molecule has 0 aromatic heterocycles. The fourth-order valence-corrected chi connectivity index (χ4v) is 3.88. The smallest absolute Gasteiger partial charge is 0.326 e. The zero-order valence-electron chi connectivity index (χ0n) is 16.4. The third-order valence-corrected chi connectivity index (χ3v) is 5.53. The molecule has 1 aliphatic heterocycles. The molecule has 2 unspecified atom stereocenters. The van der Waals surface area contributed by atoms with E-state index in [0.717, 1.165) is 24.2 Å². The van der Waals surface area contributed by atoms with Crippen LogP contribution in [-0.4, -0.2) is 52.3 Å². The number of nitrogens with zero attached hydrogens (tertiary/aromatic N) is 2. The molecule has 30 heavy (non-hydrogen) atoms. The van der Waals surface area contributed by atoms with Crippen LogP contribution in [0.3, 0.4) is 0 Å². The number of benzene rings is 1. The molecule has 11 nitrogen and oxygen atoms in total. The van der Waals surface area contributed by atoms with Gasteiger partial charge < -0.3 is 15.4 Å². The number of urea groups is 1. The van der Waals surface area contributed by atoms with Crippen LogP contribution in [0.25, 0.3) is 0 Å². The Morgan fingerprint density at radius 2 is 2.07 bits per heavy atom. The van der Waals surface area contributed by atoms with Gasteiger partial charge in [-0.25, -0.2) is 4.79 Å². The average molecular weight is 418 g/mol. The summed E-state index contributed by atoms with van der Waals surface area (Å²) < 4.78 is 4.84.